The van der Waals surface area contributed by atoms with Crippen molar-refractivity contribution >= 4 is 29.1 Å². The first-order chi connectivity index (χ1) is 8.65. The number of hydrogen-bond donors (Lipinski definition) is 2. The molecule has 0 heterocycles. The molecule has 0 saturated carbocycles. The van der Waals surface area contributed by atoms with Crippen LogP contribution in [-0.2, 0) is 16.0 Å². The van der Waals surface area contributed by atoms with Crippen LogP contribution in [-0.4, -0.2) is 24.2 Å². The van der Waals surface area contributed by atoms with E-state index in [0.29, 0.717) is 0 Å². The van der Waals surface area contributed by atoms with Crippen LogP contribution in [0.1, 0.15) is 18.9 Å². The van der Waals surface area contributed by atoms with Gasteiger partial charge in [-0.3, -0.25) is 9.59 Å². The average Bonchev–Trinajstić information content (AvgIpc) is 2.38. The third-order valence-corrected chi connectivity index (χ3v) is 2.59. The molecule has 2 N–H and O–H groups in total. The first kappa shape index (κ1) is 14.5. The lowest BCUT2D eigenvalue weighted by atomic mass is 10.1. The van der Waals surface area contributed by atoms with E-state index in [9.17, 15) is 9.59 Å². The lowest BCUT2D eigenvalue weighted by molar-refractivity contribution is -0.122. The van der Waals surface area contributed by atoms with Crippen molar-refractivity contribution in [1.29, 1.82) is 0 Å². The van der Waals surface area contributed by atoms with Gasteiger partial charge >= 0.3 is 0 Å². The van der Waals surface area contributed by atoms with Crippen molar-refractivity contribution in [3.8, 4) is 0 Å². The molecular weight excluding hydrogens is 252 g/mol. The summed E-state index contributed by atoms with van der Waals surface area (Å²) in [6.07, 6.45) is 2.12. The average molecular weight is 269 g/mol. The zero-order valence-electron chi connectivity index (χ0n) is 10.3. The van der Waals surface area contributed by atoms with E-state index >= 15 is 0 Å². The Labute approximate surface area is 112 Å². The van der Waals surface area contributed by atoms with Crippen molar-refractivity contribution in [1.82, 2.24) is 5.32 Å². The first-order valence-electron chi connectivity index (χ1n) is 5.87. The molecule has 0 saturated heterocycles. The predicted molar refractivity (Wildman–Crippen MR) is 72.8 cm³/mol. The maximum absolute atomic E-state index is 11.5. The molecule has 0 radical (unpaired) electrons. The first-order valence-corrected chi connectivity index (χ1v) is 6.40. The number of amides is 2. The fourth-order valence-corrected chi connectivity index (χ4v) is 1.57. The zero-order chi connectivity index (χ0) is 13.4. The summed E-state index contributed by atoms with van der Waals surface area (Å²) in [5.74, 6) is -0.763. The number of alkyl halides is 1. The van der Waals surface area contributed by atoms with Gasteiger partial charge in [0.15, 0.2) is 0 Å². The molecule has 18 heavy (non-hydrogen) atoms. The molecular formula is C13H17ClN2O2. The Morgan fingerprint density at radius 2 is 1.83 bits per heavy atom. The molecule has 0 aliphatic carbocycles. The molecule has 5 heteroatoms. The van der Waals surface area contributed by atoms with E-state index in [0.717, 1.165) is 18.5 Å². The highest BCUT2D eigenvalue weighted by Crippen LogP contribution is 2.10. The largest absolute Gasteiger partial charge is 0.346 e. The van der Waals surface area contributed by atoms with Gasteiger partial charge in [0.25, 0.3) is 0 Å². The van der Waals surface area contributed by atoms with E-state index in [1.165, 1.54) is 5.56 Å². The number of rotatable bonds is 6. The van der Waals surface area contributed by atoms with Gasteiger partial charge in [-0.25, -0.2) is 0 Å². The summed E-state index contributed by atoms with van der Waals surface area (Å²) in [5, 5.41) is 5.10. The van der Waals surface area contributed by atoms with Crippen molar-refractivity contribution in [2.24, 2.45) is 0 Å². The Morgan fingerprint density at radius 1 is 1.17 bits per heavy atom. The summed E-state index contributed by atoms with van der Waals surface area (Å²) in [5.41, 5.74) is 1.96. The van der Waals surface area contributed by atoms with Gasteiger partial charge in [-0.1, -0.05) is 25.5 Å². The third-order valence-electron chi connectivity index (χ3n) is 2.34. The smallest absolute Gasteiger partial charge is 0.243 e. The molecule has 2 amide bonds. The standard InChI is InChI=1S/C13H17ClN2O2/c1-2-3-10-4-6-11(7-5-10)16-13(18)9-15-12(17)8-14/h4-7H,2-3,8-9H2,1H3,(H,15,17)(H,16,18). The minimum atomic E-state index is -0.356. The fourth-order valence-electron chi connectivity index (χ4n) is 1.47. The van der Waals surface area contributed by atoms with Crippen molar-refractivity contribution < 1.29 is 9.59 Å². The summed E-state index contributed by atoms with van der Waals surface area (Å²) < 4.78 is 0. The van der Waals surface area contributed by atoms with Gasteiger partial charge < -0.3 is 10.6 Å². The Bertz CT molecular complexity index is 404. The van der Waals surface area contributed by atoms with Crippen LogP contribution < -0.4 is 10.6 Å². The molecule has 98 valence electrons. The van der Waals surface area contributed by atoms with Crippen molar-refractivity contribution in [3.05, 3.63) is 29.8 Å². The number of anilines is 1. The van der Waals surface area contributed by atoms with Gasteiger partial charge in [-0.05, 0) is 24.1 Å². The second kappa shape index (κ2) is 7.71. The van der Waals surface area contributed by atoms with Crippen LogP contribution >= 0.6 is 11.6 Å². The van der Waals surface area contributed by atoms with Crippen LogP contribution in [0.5, 0.6) is 0 Å². The molecule has 1 aromatic rings. The molecule has 1 rings (SSSR count). The second-order valence-corrected chi connectivity index (χ2v) is 4.17. The van der Waals surface area contributed by atoms with E-state index < -0.39 is 0 Å². The van der Waals surface area contributed by atoms with Crippen molar-refractivity contribution in [2.45, 2.75) is 19.8 Å². The molecule has 0 spiro atoms. The van der Waals surface area contributed by atoms with Crippen molar-refractivity contribution in [2.75, 3.05) is 17.7 Å². The maximum atomic E-state index is 11.5. The number of halogens is 1. The zero-order valence-corrected chi connectivity index (χ0v) is 11.1. The van der Waals surface area contributed by atoms with Crippen molar-refractivity contribution in [3.63, 3.8) is 0 Å². The van der Waals surface area contributed by atoms with E-state index in [1.807, 2.05) is 24.3 Å². The number of aryl methyl sites for hydroxylation is 1. The van der Waals surface area contributed by atoms with Crippen LogP contribution in [0.2, 0.25) is 0 Å². The van der Waals surface area contributed by atoms with E-state index in [1.54, 1.807) is 0 Å². The Hall–Kier alpha value is -1.55. The lowest BCUT2D eigenvalue weighted by Crippen LogP contribution is -2.33. The SMILES string of the molecule is CCCc1ccc(NC(=O)CNC(=O)CCl)cc1. The Balaban J connectivity index is 2.42. The van der Waals surface area contributed by atoms with Gasteiger partial charge in [0.05, 0.1) is 6.54 Å². The molecule has 4 nitrogen and oxygen atoms in total. The summed E-state index contributed by atoms with van der Waals surface area (Å²) in [6.45, 7) is 2.05. The molecule has 0 atom stereocenters. The summed E-state index contributed by atoms with van der Waals surface area (Å²) in [4.78, 5) is 22.3. The maximum Gasteiger partial charge on any atom is 0.243 e. The van der Waals surface area contributed by atoms with Gasteiger partial charge in [0, 0.05) is 5.69 Å². The fraction of sp³-hybridized carbons (Fsp3) is 0.385. The number of carbonyl (C=O) groups excluding carboxylic acids is 2. The molecule has 0 unspecified atom stereocenters. The third kappa shape index (κ3) is 5.19. The molecule has 0 aliphatic heterocycles. The molecule has 0 bridgehead atoms. The number of benzene rings is 1. The van der Waals surface area contributed by atoms with Crippen LogP contribution in [0.4, 0.5) is 5.69 Å². The van der Waals surface area contributed by atoms with Crippen LogP contribution in [0.25, 0.3) is 0 Å². The highest BCUT2D eigenvalue weighted by Gasteiger charge is 2.04. The minimum absolute atomic E-state index is 0.0672. The second-order valence-electron chi connectivity index (χ2n) is 3.91. The van der Waals surface area contributed by atoms with Gasteiger partial charge in [-0.2, -0.15) is 0 Å². The van der Waals surface area contributed by atoms with Crippen LogP contribution in [0, 0.1) is 0 Å². The highest BCUT2D eigenvalue weighted by atomic mass is 35.5. The van der Waals surface area contributed by atoms with Gasteiger partial charge in [-0.15, -0.1) is 11.6 Å². The number of carbonyl (C=O) groups is 2. The summed E-state index contributed by atoms with van der Waals surface area (Å²) >= 11 is 5.30. The highest BCUT2D eigenvalue weighted by molar-refractivity contribution is 6.27. The molecule has 0 aliphatic rings. The molecule has 0 fully saturated rings. The van der Waals surface area contributed by atoms with Crippen LogP contribution in [0.3, 0.4) is 0 Å². The molecule has 0 aromatic heterocycles. The Morgan fingerprint density at radius 3 is 2.39 bits per heavy atom. The topological polar surface area (TPSA) is 58.2 Å². The van der Waals surface area contributed by atoms with E-state index in [-0.39, 0.29) is 24.2 Å². The normalized spacial score (nSPS) is 9.89. The van der Waals surface area contributed by atoms with Gasteiger partial charge in [0.1, 0.15) is 5.88 Å². The quantitative estimate of drug-likeness (QED) is 0.775. The van der Waals surface area contributed by atoms with Gasteiger partial charge in [0.2, 0.25) is 11.8 Å². The van der Waals surface area contributed by atoms with Crippen LogP contribution in [0.15, 0.2) is 24.3 Å². The summed E-state index contributed by atoms with van der Waals surface area (Å²) in [7, 11) is 0. The predicted octanol–water partition coefficient (Wildman–Crippen LogP) is 1.93. The molecule has 1 aromatic carbocycles. The number of nitrogens with one attached hydrogen (secondary N) is 2. The van der Waals surface area contributed by atoms with E-state index in [4.69, 9.17) is 11.6 Å². The minimum Gasteiger partial charge on any atom is -0.346 e. The lowest BCUT2D eigenvalue weighted by Gasteiger charge is -2.07. The monoisotopic (exact) mass is 268 g/mol. The number of hydrogen-bond acceptors (Lipinski definition) is 2. The van der Waals surface area contributed by atoms with E-state index in [2.05, 4.69) is 17.6 Å². The summed E-state index contributed by atoms with van der Waals surface area (Å²) in [6, 6.07) is 7.67. The Kier molecular flexibility index (Phi) is 6.22.